The van der Waals surface area contributed by atoms with E-state index in [9.17, 15) is 13.2 Å². The monoisotopic (exact) mass is 238 g/mol. The molecule has 15 heavy (non-hydrogen) atoms. The van der Waals surface area contributed by atoms with Crippen molar-refractivity contribution < 1.29 is 22.5 Å². The molecule has 1 heterocycles. The number of fused-ring (bicyclic) bond motifs is 1. The van der Waals surface area contributed by atoms with Gasteiger partial charge in [-0.25, -0.2) is 4.79 Å². The number of ether oxygens (including phenoxy) is 1. The zero-order chi connectivity index (χ0) is 10.3. The number of esters is 1. The molecule has 0 saturated heterocycles. The first kappa shape index (κ1) is 12.7. The van der Waals surface area contributed by atoms with E-state index in [1.54, 1.807) is 12.1 Å². The molecule has 0 fully saturated rings. The summed E-state index contributed by atoms with van der Waals surface area (Å²) in [5.74, 6) is -0.733. The van der Waals surface area contributed by atoms with E-state index < -0.39 is 21.5 Å². The van der Waals surface area contributed by atoms with E-state index in [4.69, 9.17) is 4.55 Å². The van der Waals surface area contributed by atoms with Crippen molar-refractivity contribution in [2.75, 3.05) is 0 Å². The van der Waals surface area contributed by atoms with Crippen LogP contribution in [-0.2, 0) is 14.9 Å². The minimum absolute atomic E-state index is 0. The van der Waals surface area contributed by atoms with Gasteiger partial charge in [0.25, 0.3) is 5.44 Å². The van der Waals surface area contributed by atoms with Gasteiger partial charge in [-0.3, -0.25) is 4.55 Å². The Morgan fingerprint density at radius 1 is 1.27 bits per heavy atom. The molecule has 5 nitrogen and oxygen atoms in total. The van der Waals surface area contributed by atoms with E-state index in [0.717, 1.165) is 0 Å². The molecule has 0 bridgehead atoms. The van der Waals surface area contributed by atoms with Gasteiger partial charge in [-0.05, 0) is 6.07 Å². The standard InChI is InChI=1S/C8H6O5S.Na.H/c9-7-5-3-1-2-4-6(5)8(13-7)14(10,11)12;;/h1-4,8H,(H,10,11,12);;. The molecule has 1 aromatic carbocycles. The quantitative estimate of drug-likeness (QED) is 0.426. The van der Waals surface area contributed by atoms with Crippen LogP contribution < -0.4 is 0 Å². The Hall–Kier alpha value is -0.400. The van der Waals surface area contributed by atoms with Crippen LogP contribution >= 0.6 is 0 Å². The fourth-order valence-electron chi connectivity index (χ4n) is 1.33. The molecule has 0 aliphatic carbocycles. The van der Waals surface area contributed by atoms with Gasteiger partial charge in [0.2, 0.25) is 0 Å². The van der Waals surface area contributed by atoms with E-state index in [0.29, 0.717) is 0 Å². The molecule has 76 valence electrons. The first-order chi connectivity index (χ1) is 6.50. The van der Waals surface area contributed by atoms with E-state index >= 15 is 0 Å². The molecule has 0 aromatic heterocycles. The van der Waals surface area contributed by atoms with Crippen LogP contribution in [0.2, 0.25) is 0 Å². The summed E-state index contributed by atoms with van der Waals surface area (Å²) in [6.07, 6.45) is 0. The zero-order valence-corrected chi connectivity index (χ0v) is 7.69. The Morgan fingerprint density at radius 2 is 1.87 bits per heavy atom. The topological polar surface area (TPSA) is 80.7 Å². The second kappa shape index (κ2) is 4.23. The number of cyclic esters (lactones) is 1. The van der Waals surface area contributed by atoms with Gasteiger partial charge < -0.3 is 4.74 Å². The zero-order valence-electron chi connectivity index (χ0n) is 6.88. The summed E-state index contributed by atoms with van der Waals surface area (Å²) in [6.45, 7) is 0. The van der Waals surface area contributed by atoms with Crippen molar-refractivity contribution in [1.29, 1.82) is 0 Å². The second-order valence-corrected chi connectivity index (χ2v) is 4.30. The summed E-state index contributed by atoms with van der Waals surface area (Å²) >= 11 is 0. The fraction of sp³-hybridized carbons (Fsp3) is 0.125. The van der Waals surface area contributed by atoms with Crippen LogP contribution in [0.4, 0.5) is 0 Å². The van der Waals surface area contributed by atoms with Gasteiger partial charge in [0, 0.05) is 5.56 Å². The number of rotatable bonds is 1. The SMILES string of the molecule is O=C1OC(S(=O)(=O)O)c2ccccc21.[NaH]. The third kappa shape index (κ3) is 2.24. The van der Waals surface area contributed by atoms with Gasteiger partial charge in [0.1, 0.15) is 0 Å². The molecule has 1 aliphatic rings. The van der Waals surface area contributed by atoms with Crippen LogP contribution in [0.25, 0.3) is 0 Å². The molecule has 0 saturated carbocycles. The molecular formula is C8H7NaO5S. The second-order valence-electron chi connectivity index (χ2n) is 2.84. The summed E-state index contributed by atoms with van der Waals surface area (Å²) in [5, 5.41) is 0. The van der Waals surface area contributed by atoms with Crippen LogP contribution in [0.5, 0.6) is 0 Å². The van der Waals surface area contributed by atoms with Crippen LogP contribution in [0, 0.1) is 0 Å². The van der Waals surface area contributed by atoms with Gasteiger partial charge in [0.15, 0.2) is 0 Å². The van der Waals surface area contributed by atoms with Crippen molar-refractivity contribution in [1.82, 2.24) is 0 Å². The molecule has 2 rings (SSSR count). The van der Waals surface area contributed by atoms with E-state index in [2.05, 4.69) is 4.74 Å². The first-order valence-corrected chi connectivity index (χ1v) is 5.26. The molecular weight excluding hydrogens is 231 g/mol. The molecule has 1 aliphatic heterocycles. The first-order valence-electron chi connectivity index (χ1n) is 3.76. The number of hydrogen-bond donors (Lipinski definition) is 1. The summed E-state index contributed by atoms with van der Waals surface area (Å²) in [4.78, 5) is 11.1. The average molecular weight is 238 g/mol. The van der Waals surface area contributed by atoms with Crippen molar-refractivity contribution in [2.24, 2.45) is 0 Å². The molecule has 1 aromatic rings. The van der Waals surface area contributed by atoms with Crippen molar-refractivity contribution in [2.45, 2.75) is 5.44 Å². The van der Waals surface area contributed by atoms with Crippen LogP contribution in [0.15, 0.2) is 24.3 Å². The Morgan fingerprint density at radius 3 is 2.47 bits per heavy atom. The van der Waals surface area contributed by atoms with Gasteiger partial charge in [-0.2, -0.15) is 8.42 Å². The molecule has 7 heteroatoms. The number of benzene rings is 1. The molecule has 1 N–H and O–H groups in total. The minimum atomic E-state index is -4.39. The van der Waals surface area contributed by atoms with Gasteiger partial charge in [-0.15, -0.1) is 0 Å². The Kier molecular flexibility index (Phi) is 3.57. The number of carbonyl (C=O) groups excluding carboxylic acids is 1. The van der Waals surface area contributed by atoms with Crippen LogP contribution in [0.1, 0.15) is 21.4 Å². The predicted molar refractivity (Wildman–Crippen MR) is 53.3 cm³/mol. The summed E-state index contributed by atoms with van der Waals surface area (Å²) in [7, 11) is -4.39. The maximum atomic E-state index is 11.1. The average Bonchev–Trinajstić information content (AvgIpc) is 2.44. The van der Waals surface area contributed by atoms with Crippen molar-refractivity contribution >= 4 is 45.6 Å². The third-order valence-electron chi connectivity index (χ3n) is 1.92. The maximum absolute atomic E-state index is 11.1. The van der Waals surface area contributed by atoms with Gasteiger partial charge in [-0.1, -0.05) is 18.2 Å². The summed E-state index contributed by atoms with van der Waals surface area (Å²) < 4.78 is 34.9. The molecule has 0 amide bonds. The molecule has 1 atom stereocenters. The van der Waals surface area contributed by atoms with Crippen molar-refractivity contribution in [3.05, 3.63) is 35.4 Å². The van der Waals surface area contributed by atoms with Gasteiger partial charge >= 0.3 is 45.6 Å². The molecule has 1 unspecified atom stereocenters. The van der Waals surface area contributed by atoms with E-state index in [1.807, 2.05) is 0 Å². The number of hydrogen-bond acceptors (Lipinski definition) is 4. The van der Waals surface area contributed by atoms with Crippen molar-refractivity contribution in [3.8, 4) is 0 Å². The fourth-order valence-corrected chi connectivity index (χ4v) is 2.07. The Balaban J connectivity index is 0.00000112. The Bertz CT molecular complexity index is 496. The Labute approximate surface area is 108 Å². The van der Waals surface area contributed by atoms with Crippen LogP contribution in [0.3, 0.4) is 0 Å². The normalized spacial score (nSPS) is 19.0. The van der Waals surface area contributed by atoms with E-state index in [1.165, 1.54) is 12.1 Å². The molecule has 0 spiro atoms. The van der Waals surface area contributed by atoms with Gasteiger partial charge in [0.05, 0.1) is 5.56 Å². The third-order valence-corrected chi connectivity index (χ3v) is 2.81. The molecule has 0 radical (unpaired) electrons. The van der Waals surface area contributed by atoms with E-state index in [-0.39, 0.29) is 40.7 Å². The van der Waals surface area contributed by atoms with Crippen LogP contribution in [-0.4, -0.2) is 48.5 Å². The number of carbonyl (C=O) groups is 1. The van der Waals surface area contributed by atoms with Crippen molar-refractivity contribution in [3.63, 3.8) is 0 Å². The predicted octanol–water partition coefficient (Wildman–Crippen LogP) is 0.0949. The summed E-state index contributed by atoms with van der Waals surface area (Å²) in [6, 6.07) is 6.03. The summed E-state index contributed by atoms with van der Waals surface area (Å²) in [5.41, 5.74) is -1.22.